The molecular weight excluding hydrogens is 226 g/mol. The van der Waals surface area contributed by atoms with Crippen LogP contribution >= 0.6 is 0 Å². The summed E-state index contributed by atoms with van der Waals surface area (Å²) in [5, 5.41) is 3.38. The standard InChI is InChI=1S/C14H25N3O/c1-11(2)8-15-9-13-10-18-14(16-13)17-6-4-12(3)5-7-17/h10-12,15H,4-9H2,1-3H3. The molecule has 18 heavy (non-hydrogen) atoms. The zero-order valence-corrected chi connectivity index (χ0v) is 11.8. The predicted molar refractivity (Wildman–Crippen MR) is 73.7 cm³/mol. The van der Waals surface area contributed by atoms with Gasteiger partial charge in [-0.1, -0.05) is 20.8 Å². The summed E-state index contributed by atoms with van der Waals surface area (Å²) in [6, 6.07) is 0.795. The first-order valence-corrected chi connectivity index (χ1v) is 7.05. The molecule has 4 heteroatoms. The van der Waals surface area contributed by atoms with Crippen LogP contribution in [0.1, 0.15) is 39.3 Å². The molecule has 0 amide bonds. The van der Waals surface area contributed by atoms with Crippen molar-refractivity contribution in [3.05, 3.63) is 12.0 Å². The quantitative estimate of drug-likeness (QED) is 0.873. The number of anilines is 1. The smallest absolute Gasteiger partial charge is 0.297 e. The monoisotopic (exact) mass is 251 g/mol. The lowest BCUT2D eigenvalue weighted by atomic mass is 10.00. The van der Waals surface area contributed by atoms with Gasteiger partial charge in [-0.3, -0.25) is 0 Å². The maximum atomic E-state index is 5.57. The number of oxazole rings is 1. The molecule has 0 saturated carbocycles. The van der Waals surface area contributed by atoms with E-state index in [0.29, 0.717) is 5.92 Å². The van der Waals surface area contributed by atoms with Gasteiger partial charge < -0.3 is 14.6 Å². The second-order valence-electron chi connectivity index (χ2n) is 5.82. The lowest BCUT2D eigenvalue weighted by Crippen LogP contribution is -2.33. The zero-order valence-electron chi connectivity index (χ0n) is 11.8. The minimum Gasteiger partial charge on any atom is -0.432 e. The second kappa shape index (κ2) is 6.23. The van der Waals surface area contributed by atoms with Crippen LogP contribution in [0.4, 0.5) is 6.01 Å². The molecule has 0 aliphatic carbocycles. The summed E-state index contributed by atoms with van der Waals surface area (Å²) in [5.41, 5.74) is 1.00. The average Bonchev–Trinajstić information content (AvgIpc) is 2.78. The molecular formula is C14H25N3O. The van der Waals surface area contributed by atoms with Crippen molar-refractivity contribution in [3.63, 3.8) is 0 Å². The molecule has 2 heterocycles. The highest BCUT2D eigenvalue weighted by Crippen LogP contribution is 2.22. The Kier molecular flexibility index (Phi) is 4.64. The molecule has 0 radical (unpaired) electrons. The van der Waals surface area contributed by atoms with Gasteiger partial charge in [0.25, 0.3) is 6.01 Å². The summed E-state index contributed by atoms with van der Waals surface area (Å²) in [5.74, 6) is 1.50. The number of nitrogens with one attached hydrogen (secondary N) is 1. The Morgan fingerprint density at radius 3 is 2.83 bits per heavy atom. The van der Waals surface area contributed by atoms with E-state index < -0.39 is 0 Å². The van der Waals surface area contributed by atoms with Gasteiger partial charge in [0.15, 0.2) is 0 Å². The van der Waals surface area contributed by atoms with Gasteiger partial charge >= 0.3 is 0 Å². The minimum atomic E-state index is 0.667. The van der Waals surface area contributed by atoms with E-state index >= 15 is 0 Å². The fourth-order valence-corrected chi connectivity index (χ4v) is 2.21. The average molecular weight is 251 g/mol. The van der Waals surface area contributed by atoms with Gasteiger partial charge in [-0.15, -0.1) is 0 Å². The first-order valence-electron chi connectivity index (χ1n) is 7.05. The highest BCUT2D eigenvalue weighted by atomic mass is 16.4. The lowest BCUT2D eigenvalue weighted by Gasteiger charge is -2.28. The molecule has 0 atom stereocenters. The molecule has 4 nitrogen and oxygen atoms in total. The Bertz CT molecular complexity index is 354. The van der Waals surface area contributed by atoms with E-state index in [0.717, 1.165) is 43.8 Å². The first kappa shape index (κ1) is 13.4. The SMILES string of the molecule is CC(C)CNCc1coc(N2CCC(C)CC2)n1. The van der Waals surface area contributed by atoms with Crippen LogP contribution in [0.5, 0.6) is 0 Å². The number of hydrogen-bond acceptors (Lipinski definition) is 4. The minimum absolute atomic E-state index is 0.667. The maximum Gasteiger partial charge on any atom is 0.297 e. The third-order valence-electron chi connectivity index (χ3n) is 3.45. The van der Waals surface area contributed by atoms with Crippen LogP contribution < -0.4 is 10.2 Å². The Labute approximate surface area is 110 Å². The van der Waals surface area contributed by atoms with Crippen LogP contribution in [0.15, 0.2) is 10.7 Å². The van der Waals surface area contributed by atoms with Gasteiger partial charge in [-0.2, -0.15) is 4.98 Å². The van der Waals surface area contributed by atoms with Gasteiger partial charge in [-0.25, -0.2) is 0 Å². The summed E-state index contributed by atoms with van der Waals surface area (Å²) in [6.07, 6.45) is 4.26. The van der Waals surface area contributed by atoms with Crippen LogP contribution in [0.2, 0.25) is 0 Å². The van der Waals surface area contributed by atoms with Gasteiger partial charge in [0.05, 0.1) is 5.69 Å². The van der Waals surface area contributed by atoms with E-state index in [4.69, 9.17) is 4.42 Å². The Hall–Kier alpha value is -1.03. The summed E-state index contributed by atoms with van der Waals surface area (Å²) in [4.78, 5) is 6.81. The third-order valence-corrected chi connectivity index (χ3v) is 3.45. The van der Waals surface area contributed by atoms with Crippen LogP contribution in [-0.2, 0) is 6.54 Å². The Balaban J connectivity index is 1.82. The van der Waals surface area contributed by atoms with E-state index in [-0.39, 0.29) is 0 Å². The first-order chi connectivity index (χ1) is 8.65. The molecule has 1 N–H and O–H groups in total. The van der Waals surface area contributed by atoms with Crippen molar-refractivity contribution in [2.45, 2.75) is 40.2 Å². The third kappa shape index (κ3) is 3.73. The van der Waals surface area contributed by atoms with Crippen molar-refractivity contribution in [2.75, 3.05) is 24.5 Å². The van der Waals surface area contributed by atoms with Gasteiger partial charge in [-0.05, 0) is 31.2 Å². The molecule has 102 valence electrons. The van der Waals surface area contributed by atoms with Crippen molar-refractivity contribution >= 4 is 6.01 Å². The van der Waals surface area contributed by atoms with E-state index in [2.05, 4.69) is 36.0 Å². The number of aromatic nitrogens is 1. The maximum absolute atomic E-state index is 5.57. The topological polar surface area (TPSA) is 41.3 Å². The molecule has 0 aromatic carbocycles. The van der Waals surface area contributed by atoms with Gasteiger partial charge in [0, 0.05) is 19.6 Å². The largest absolute Gasteiger partial charge is 0.432 e. The van der Waals surface area contributed by atoms with Gasteiger partial charge in [0.1, 0.15) is 6.26 Å². The van der Waals surface area contributed by atoms with Crippen molar-refractivity contribution in [1.82, 2.24) is 10.3 Å². The molecule has 1 saturated heterocycles. The zero-order chi connectivity index (χ0) is 13.0. The normalized spacial score (nSPS) is 17.7. The number of piperidine rings is 1. The van der Waals surface area contributed by atoms with Crippen LogP contribution in [-0.4, -0.2) is 24.6 Å². The Morgan fingerprint density at radius 1 is 1.44 bits per heavy atom. The molecule has 1 fully saturated rings. The predicted octanol–water partition coefficient (Wildman–Crippen LogP) is 2.66. The number of hydrogen-bond donors (Lipinski definition) is 1. The van der Waals surface area contributed by atoms with Crippen molar-refractivity contribution in [3.8, 4) is 0 Å². The summed E-state index contributed by atoms with van der Waals surface area (Å²) >= 11 is 0. The van der Waals surface area contributed by atoms with Gasteiger partial charge in [0.2, 0.25) is 0 Å². The lowest BCUT2D eigenvalue weighted by molar-refractivity contribution is 0.413. The van der Waals surface area contributed by atoms with Crippen molar-refractivity contribution < 1.29 is 4.42 Å². The fraction of sp³-hybridized carbons (Fsp3) is 0.786. The van der Waals surface area contributed by atoms with E-state index in [1.165, 1.54) is 12.8 Å². The molecule has 0 bridgehead atoms. The highest BCUT2D eigenvalue weighted by molar-refractivity contribution is 5.27. The summed E-state index contributed by atoms with van der Waals surface area (Å²) in [6.45, 7) is 10.7. The highest BCUT2D eigenvalue weighted by Gasteiger charge is 2.19. The van der Waals surface area contributed by atoms with Crippen LogP contribution in [0, 0.1) is 11.8 Å². The van der Waals surface area contributed by atoms with E-state index in [9.17, 15) is 0 Å². The van der Waals surface area contributed by atoms with Crippen molar-refractivity contribution in [1.29, 1.82) is 0 Å². The Morgan fingerprint density at radius 2 is 2.17 bits per heavy atom. The summed E-state index contributed by atoms with van der Waals surface area (Å²) in [7, 11) is 0. The van der Waals surface area contributed by atoms with E-state index in [1.54, 1.807) is 6.26 Å². The number of nitrogens with zero attached hydrogens (tertiary/aromatic N) is 2. The number of rotatable bonds is 5. The van der Waals surface area contributed by atoms with Crippen molar-refractivity contribution in [2.24, 2.45) is 11.8 Å². The molecule has 1 aromatic heterocycles. The molecule has 1 aromatic rings. The van der Waals surface area contributed by atoms with E-state index in [1.807, 2.05) is 0 Å². The molecule has 2 rings (SSSR count). The molecule has 0 spiro atoms. The van der Waals surface area contributed by atoms with Crippen LogP contribution in [0.25, 0.3) is 0 Å². The molecule has 1 aliphatic rings. The second-order valence-corrected chi connectivity index (χ2v) is 5.82. The summed E-state index contributed by atoms with van der Waals surface area (Å²) < 4.78 is 5.57. The molecule has 1 aliphatic heterocycles. The van der Waals surface area contributed by atoms with Crippen LogP contribution in [0.3, 0.4) is 0 Å². The molecule has 0 unspecified atom stereocenters. The fourth-order valence-electron chi connectivity index (χ4n) is 2.21.